The Hall–Kier alpha value is -3.03. The number of anilines is 1. The largest absolute Gasteiger partial charge is 0.308 e. The van der Waals surface area contributed by atoms with Gasteiger partial charge in [-0.2, -0.15) is 0 Å². The fourth-order valence-electron chi connectivity index (χ4n) is 3.98. The normalized spacial score (nSPS) is 13.4. The molecule has 0 saturated carbocycles. The van der Waals surface area contributed by atoms with E-state index in [4.69, 9.17) is 5.14 Å². The van der Waals surface area contributed by atoms with Crippen molar-refractivity contribution in [3.8, 4) is 11.1 Å². The molecule has 0 bridgehead atoms. The number of nitrogens with two attached hydrogens (primary N) is 1. The SMILES string of the molecule is Cc1cc(C)c(S(N)(=O)=O)cc1C(=O)N1CCc2cc(-c3cccc(F)c3)ccc21. The number of carbonyl (C=O) groups excluding carboxylic acids is 1. The van der Waals surface area contributed by atoms with Gasteiger partial charge in [-0.25, -0.2) is 17.9 Å². The van der Waals surface area contributed by atoms with Gasteiger partial charge in [0.2, 0.25) is 10.0 Å². The molecule has 0 spiro atoms. The molecule has 4 rings (SSSR count). The number of hydrogen-bond donors (Lipinski definition) is 1. The Labute approximate surface area is 175 Å². The Morgan fingerprint density at radius 3 is 2.43 bits per heavy atom. The molecule has 2 N–H and O–H groups in total. The minimum absolute atomic E-state index is 0.0441. The third-order valence-electron chi connectivity index (χ3n) is 5.44. The zero-order chi connectivity index (χ0) is 21.6. The minimum atomic E-state index is -3.93. The van der Waals surface area contributed by atoms with E-state index in [1.54, 1.807) is 30.9 Å². The van der Waals surface area contributed by atoms with Crippen molar-refractivity contribution in [1.29, 1.82) is 0 Å². The van der Waals surface area contributed by atoms with Gasteiger partial charge in [0.05, 0.1) is 4.90 Å². The average Bonchev–Trinajstić information content (AvgIpc) is 3.09. The van der Waals surface area contributed by atoms with Gasteiger partial charge in [-0.1, -0.05) is 24.3 Å². The zero-order valence-corrected chi connectivity index (χ0v) is 17.5. The summed E-state index contributed by atoms with van der Waals surface area (Å²) < 4.78 is 37.3. The van der Waals surface area contributed by atoms with Gasteiger partial charge in [0.15, 0.2) is 0 Å². The number of halogens is 1. The van der Waals surface area contributed by atoms with E-state index in [1.807, 2.05) is 24.3 Å². The van der Waals surface area contributed by atoms with Crippen molar-refractivity contribution in [3.63, 3.8) is 0 Å². The molecule has 0 fully saturated rings. The molecule has 30 heavy (non-hydrogen) atoms. The highest BCUT2D eigenvalue weighted by Crippen LogP contribution is 2.34. The van der Waals surface area contributed by atoms with Gasteiger partial charge in [0, 0.05) is 17.8 Å². The van der Waals surface area contributed by atoms with E-state index in [9.17, 15) is 17.6 Å². The zero-order valence-electron chi connectivity index (χ0n) is 16.6. The van der Waals surface area contributed by atoms with Crippen LogP contribution in [-0.2, 0) is 16.4 Å². The molecule has 1 heterocycles. The first-order chi connectivity index (χ1) is 14.1. The molecule has 1 aliphatic heterocycles. The maximum absolute atomic E-state index is 13.6. The number of rotatable bonds is 3. The van der Waals surface area contributed by atoms with E-state index in [1.165, 1.54) is 18.2 Å². The summed E-state index contributed by atoms with van der Waals surface area (Å²) in [6.07, 6.45) is 0.664. The number of aryl methyl sites for hydroxylation is 2. The van der Waals surface area contributed by atoms with E-state index in [0.717, 1.165) is 22.4 Å². The first-order valence-electron chi connectivity index (χ1n) is 9.50. The summed E-state index contributed by atoms with van der Waals surface area (Å²) in [5, 5.41) is 5.31. The molecular formula is C23H21FN2O3S. The lowest BCUT2D eigenvalue weighted by molar-refractivity contribution is 0.0988. The number of nitrogens with zero attached hydrogens (tertiary/aromatic N) is 1. The molecule has 5 nitrogen and oxygen atoms in total. The predicted octanol–water partition coefficient (Wildman–Crippen LogP) is 3.96. The predicted molar refractivity (Wildman–Crippen MR) is 115 cm³/mol. The maximum atomic E-state index is 13.6. The molecule has 7 heteroatoms. The number of primary sulfonamides is 1. The summed E-state index contributed by atoms with van der Waals surface area (Å²) in [5.41, 5.74) is 4.92. The van der Waals surface area contributed by atoms with E-state index in [-0.39, 0.29) is 16.6 Å². The smallest absolute Gasteiger partial charge is 0.258 e. The fraction of sp³-hybridized carbons (Fsp3) is 0.174. The van der Waals surface area contributed by atoms with E-state index < -0.39 is 10.0 Å². The fourth-order valence-corrected chi connectivity index (χ4v) is 4.76. The van der Waals surface area contributed by atoms with Gasteiger partial charge < -0.3 is 4.90 Å². The monoisotopic (exact) mass is 424 g/mol. The average molecular weight is 424 g/mol. The van der Waals surface area contributed by atoms with Crippen molar-refractivity contribution in [2.45, 2.75) is 25.2 Å². The van der Waals surface area contributed by atoms with E-state index in [0.29, 0.717) is 29.7 Å². The molecule has 0 radical (unpaired) electrons. The van der Waals surface area contributed by atoms with Crippen molar-refractivity contribution in [3.05, 3.63) is 82.7 Å². The second-order valence-electron chi connectivity index (χ2n) is 7.54. The number of hydrogen-bond acceptors (Lipinski definition) is 3. The number of carbonyl (C=O) groups is 1. The molecule has 154 valence electrons. The highest BCUT2D eigenvalue weighted by atomic mass is 32.2. The van der Waals surface area contributed by atoms with Crippen molar-refractivity contribution in [1.82, 2.24) is 0 Å². The lowest BCUT2D eigenvalue weighted by Crippen LogP contribution is -2.30. The van der Waals surface area contributed by atoms with Crippen LogP contribution in [0, 0.1) is 19.7 Å². The van der Waals surface area contributed by atoms with Crippen molar-refractivity contribution < 1.29 is 17.6 Å². The topological polar surface area (TPSA) is 80.5 Å². The molecule has 1 amide bonds. The van der Waals surface area contributed by atoms with Crippen LogP contribution in [0.4, 0.5) is 10.1 Å². The Bertz CT molecular complexity index is 1290. The Balaban J connectivity index is 1.71. The van der Waals surface area contributed by atoms with Gasteiger partial charge in [0.25, 0.3) is 5.91 Å². The quantitative estimate of drug-likeness (QED) is 0.691. The third-order valence-corrected chi connectivity index (χ3v) is 6.49. The summed E-state index contributed by atoms with van der Waals surface area (Å²) in [6.45, 7) is 3.91. The molecule has 1 aliphatic rings. The van der Waals surface area contributed by atoms with Gasteiger partial charge in [-0.15, -0.1) is 0 Å². The third kappa shape index (κ3) is 3.62. The van der Waals surface area contributed by atoms with Gasteiger partial charge in [0.1, 0.15) is 5.82 Å². The van der Waals surface area contributed by atoms with Crippen LogP contribution in [0.15, 0.2) is 59.5 Å². The summed E-state index contributed by atoms with van der Waals surface area (Å²) in [6, 6.07) is 15.1. The van der Waals surface area contributed by atoms with Crippen LogP contribution in [0.3, 0.4) is 0 Å². The second-order valence-corrected chi connectivity index (χ2v) is 9.07. The molecule has 3 aromatic rings. The first-order valence-corrected chi connectivity index (χ1v) is 11.0. The molecule has 0 atom stereocenters. The number of amides is 1. The molecule has 0 aliphatic carbocycles. The summed E-state index contributed by atoms with van der Waals surface area (Å²) in [4.78, 5) is 14.9. The van der Waals surface area contributed by atoms with Crippen LogP contribution in [-0.4, -0.2) is 20.9 Å². The van der Waals surface area contributed by atoms with Crippen molar-refractivity contribution >= 4 is 21.6 Å². The van der Waals surface area contributed by atoms with Crippen LogP contribution in [0.1, 0.15) is 27.0 Å². The van der Waals surface area contributed by atoms with Gasteiger partial charge in [-0.05, 0) is 78.4 Å². The van der Waals surface area contributed by atoms with E-state index in [2.05, 4.69) is 0 Å². The summed E-state index contributed by atoms with van der Waals surface area (Å²) in [5.74, 6) is -0.569. The van der Waals surface area contributed by atoms with Gasteiger partial charge in [-0.3, -0.25) is 4.79 Å². The number of fused-ring (bicyclic) bond motifs is 1. The van der Waals surface area contributed by atoms with Crippen LogP contribution >= 0.6 is 0 Å². The van der Waals surface area contributed by atoms with Crippen molar-refractivity contribution in [2.75, 3.05) is 11.4 Å². The van der Waals surface area contributed by atoms with Crippen LogP contribution in [0.25, 0.3) is 11.1 Å². The first kappa shape index (κ1) is 20.3. The highest BCUT2D eigenvalue weighted by molar-refractivity contribution is 7.89. The summed E-state index contributed by atoms with van der Waals surface area (Å²) >= 11 is 0. The maximum Gasteiger partial charge on any atom is 0.258 e. The van der Waals surface area contributed by atoms with Crippen LogP contribution < -0.4 is 10.0 Å². The highest BCUT2D eigenvalue weighted by Gasteiger charge is 2.28. The standard InChI is InChI=1S/C23H21FN2O3S/c1-14-10-15(2)22(30(25,28)29)13-20(14)23(27)26-9-8-18-11-17(6-7-21(18)26)16-4-3-5-19(24)12-16/h3-7,10-13H,8-9H2,1-2H3,(H2,25,28,29). The lowest BCUT2D eigenvalue weighted by Gasteiger charge is -2.20. The van der Waals surface area contributed by atoms with E-state index >= 15 is 0 Å². The van der Waals surface area contributed by atoms with Crippen molar-refractivity contribution in [2.24, 2.45) is 5.14 Å². The molecule has 0 saturated heterocycles. The molecule has 0 aromatic heterocycles. The molecule has 3 aromatic carbocycles. The molecule has 0 unspecified atom stereocenters. The lowest BCUT2D eigenvalue weighted by atomic mass is 10.0. The summed E-state index contributed by atoms with van der Waals surface area (Å²) in [7, 11) is -3.93. The molecular weight excluding hydrogens is 403 g/mol. The number of benzene rings is 3. The Morgan fingerprint density at radius 1 is 1.00 bits per heavy atom. The van der Waals surface area contributed by atoms with Crippen LogP contribution in [0.2, 0.25) is 0 Å². The second kappa shape index (κ2) is 7.34. The van der Waals surface area contributed by atoms with Crippen LogP contribution in [0.5, 0.6) is 0 Å². The minimum Gasteiger partial charge on any atom is -0.308 e. The number of sulfonamides is 1. The Morgan fingerprint density at radius 2 is 1.73 bits per heavy atom. The Kier molecular flexibility index (Phi) is 4.95. The van der Waals surface area contributed by atoms with Gasteiger partial charge >= 0.3 is 0 Å².